The molecular weight excluding hydrogens is 705 g/mol. The Labute approximate surface area is 315 Å². The molecule has 0 fully saturated rings. The summed E-state index contributed by atoms with van der Waals surface area (Å²) in [5.41, 5.74) is 5.64. The standard InChI is InChI=1S/C21H15N3O3S.C20H21N3O3/c25-18(16-11-6-12-28-16)20(26)24-19-21(27)22-15-10-5-4-9-14(15)17(23-19)13-7-2-1-3-8-13;1-13(2)12-26-20(25)23-18-19(24)21-16-11-7-6-10-15(16)17(22-18)14-8-4-3-5-9-14/h1-12,19H,(H,22,27)(H,24,26);3-11,13,18H,12H2,1-2H3,(H,21,24)(H,23,25). The maximum atomic E-state index is 12.7. The van der Waals surface area contributed by atoms with Gasteiger partial charge in [-0.3, -0.25) is 24.5 Å². The summed E-state index contributed by atoms with van der Waals surface area (Å²) in [5.74, 6) is -2.28. The van der Waals surface area contributed by atoms with E-state index in [0.29, 0.717) is 27.7 Å². The number of thiophene rings is 1. The Balaban J connectivity index is 0.000000185. The van der Waals surface area contributed by atoms with Gasteiger partial charge in [-0.15, -0.1) is 11.3 Å². The lowest BCUT2D eigenvalue weighted by atomic mass is 10.0. The predicted octanol–water partition coefficient (Wildman–Crippen LogP) is 6.05. The second kappa shape index (κ2) is 17.2. The average molecular weight is 741 g/mol. The number of nitrogens with zero attached hydrogens (tertiary/aromatic N) is 2. The molecule has 272 valence electrons. The lowest BCUT2D eigenvalue weighted by Gasteiger charge is -2.14. The first-order valence-electron chi connectivity index (χ1n) is 17.1. The first kappa shape index (κ1) is 37.0. The molecule has 4 N–H and O–H groups in total. The van der Waals surface area contributed by atoms with Gasteiger partial charge in [0.25, 0.3) is 23.5 Å². The van der Waals surface area contributed by atoms with Crippen molar-refractivity contribution in [3.05, 3.63) is 154 Å². The van der Waals surface area contributed by atoms with Gasteiger partial charge in [0.15, 0.2) is 0 Å². The van der Waals surface area contributed by atoms with Crippen LogP contribution in [0.2, 0.25) is 0 Å². The molecule has 0 saturated carbocycles. The normalized spacial score (nSPS) is 15.9. The quantitative estimate of drug-likeness (QED) is 0.112. The second-order valence-electron chi connectivity index (χ2n) is 12.5. The molecule has 12 nitrogen and oxygen atoms in total. The van der Waals surface area contributed by atoms with Crippen LogP contribution in [0.3, 0.4) is 0 Å². The smallest absolute Gasteiger partial charge is 0.409 e. The molecule has 0 saturated heterocycles. The molecule has 7 rings (SSSR count). The van der Waals surface area contributed by atoms with Crippen molar-refractivity contribution in [2.24, 2.45) is 15.9 Å². The number of aliphatic imine (C=N–C) groups is 2. The summed E-state index contributed by atoms with van der Waals surface area (Å²) in [6.45, 7) is 4.15. The van der Waals surface area contributed by atoms with Gasteiger partial charge >= 0.3 is 6.09 Å². The molecule has 1 aromatic heterocycles. The lowest BCUT2D eigenvalue weighted by molar-refractivity contribution is -0.123. The number of carbonyl (C=O) groups is 5. The van der Waals surface area contributed by atoms with Crippen molar-refractivity contribution in [1.82, 2.24) is 10.6 Å². The van der Waals surface area contributed by atoms with Crippen LogP contribution in [0.15, 0.2) is 137 Å². The van der Waals surface area contributed by atoms with E-state index in [-0.39, 0.29) is 12.5 Å². The highest BCUT2D eigenvalue weighted by Gasteiger charge is 2.30. The fourth-order valence-corrected chi connectivity index (χ4v) is 6.13. The molecule has 54 heavy (non-hydrogen) atoms. The van der Waals surface area contributed by atoms with Crippen molar-refractivity contribution in [2.45, 2.75) is 26.2 Å². The number of Topliss-reactive ketones (excluding diaryl/α,β-unsaturated/α-hetero) is 1. The minimum Gasteiger partial charge on any atom is -0.449 e. The van der Waals surface area contributed by atoms with Gasteiger partial charge in [0.2, 0.25) is 12.3 Å². The Morgan fingerprint density at radius 2 is 1.15 bits per heavy atom. The zero-order valence-corrected chi connectivity index (χ0v) is 30.1. The zero-order valence-electron chi connectivity index (χ0n) is 29.3. The van der Waals surface area contributed by atoms with Crippen molar-refractivity contribution < 1.29 is 28.7 Å². The van der Waals surface area contributed by atoms with Crippen molar-refractivity contribution in [3.63, 3.8) is 0 Å². The minimum atomic E-state index is -1.22. The zero-order chi connectivity index (χ0) is 38.0. The van der Waals surface area contributed by atoms with Crippen LogP contribution in [0, 0.1) is 5.92 Å². The number of hydrogen-bond donors (Lipinski definition) is 4. The molecular formula is C41H36N6O6S. The molecule has 0 aliphatic carbocycles. The predicted molar refractivity (Wildman–Crippen MR) is 208 cm³/mol. The van der Waals surface area contributed by atoms with E-state index in [0.717, 1.165) is 22.3 Å². The fourth-order valence-electron chi connectivity index (χ4n) is 5.47. The van der Waals surface area contributed by atoms with Crippen LogP contribution in [0.25, 0.3) is 0 Å². The van der Waals surface area contributed by atoms with Crippen LogP contribution in [-0.2, 0) is 19.1 Å². The summed E-state index contributed by atoms with van der Waals surface area (Å²) in [4.78, 5) is 71.2. The Morgan fingerprint density at radius 1 is 0.667 bits per heavy atom. The van der Waals surface area contributed by atoms with Gasteiger partial charge in [-0.05, 0) is 29.5 Å². The lowest BCUT2D eigenvalue weighted by Crippen LogP contribution is -2.45. The molecule has 0 spiro atoms. The number of nitrogens with one attached hydrogen (secondary N) is 4. The number of carbonyl (C=O) groups excluding carboxylic acids is 5. The number of fused-ring (bicyclic) bond motifs is 2. The summed E-state index contributed by atoms with van der Waals surface area (Å²) < 4.78 is 5.11. The van der Waals surface area contributed by atoms with E-state index in [1.165, 1.54) is 11.3 Å². The number of ketones is 1. The number of benzodiazepines with no additional fused rings is 2. The van der Waals surface area contributed by atoms with Gasteiger partial charge in [-0.2, -0.15) is 0 Å². The third-order valence-electron chi connectivity index (χ3n) is 8.01. The summed E-state index contributed by atoms with van der Waals surface area (Å²) in [6.07, 6.45) is -2.96. The molecule has 2 aliphatic heterocycles. The van der Waals surface area contributed by atoms with Gasteiger partial charge in [0.05, 0.1) is 34.3 Å². The third-order valence-corrected chi connectivity index (χ3v) is 8.88. The summed E-state index contributed by atoms with van der Waals surface area (Å²) in [5, 5.41) is 12.3. The van der Waals surface area contributed by atoms with Crippen LogP contribution in [0.4, 0.5) is 16.2 Å². The highest BCUT2D eigenvalue weighted by molar-refractivity contribution is 7.13. The number of para-hydroxylation sites is 2. The van der Waals surface area contributed by atoms with E-state index < -0.39 is 41.9 Å². The number of rotatable bonds is 8. The SMILES string of the molecule is CC(C)COC(=O)NC1N=C(c2ccccc2)c2ccccc2NC1=O.O=C(NC1N=C(c2ccccc2)c2ccccc2NC1=O)C(=O)c1cccs1. The van der Waals surface area contributed by atoms with Gasteiger partial charge < -0.3 is 20.7 Å². The van der Waals surface area contributed by atoms with E-state index in [2.05, 4.69) is 31.3 Å². The maximum Gasteiger partial charge on any atom is 0.409 e. The summed E-state index contributed by atoms with van der Waals surface area (Å²) in [7, 11) is 0. The largest absolute Gasteiger partial charge is 0.449 e. The topological polar surface area (TPSA) is 167 Å². The molecule has 4 amide bonds. The van der Waals surface area contributed by atoms with Gasteiger partial charge in [-0.25, -0.2) is 14.8 Å². The second-order valence-corrected chi connectivity index (χ2v) is 13.4. The first-order chi connectivity index (χ1) is 26.2. The van der Waals surface area contributed by atoms with Crippen molar-refractivity contribution >= 4 is 63.7 Å². The number of anilines is 2. The number of hydrogen-bond acceptors (Lipinski definition) is 9. The number of amides is 4. The number of alkyl carbamates (subject to hydrolysis) is 1. The third kappa shape index (κ3) is 9.00. The Bertz CT molecular complexity index is 2220. The molecule has 2 aliphatic rings. The molecule has 13 heteroatoms. The summed E-state index contributed by atoms with van der Waals surface area (Å²) >= 11 is 1.17. The van der Waals surface area contributed by atoms with E-state index in [9.17, 15) is 24.0 Å². The Morgan fingerprint density at radius 3 is 1.63 bits per heavy atom. The molecule has 0 radical (unpaired) electrons. The molecule has 0 bridgehead atoms. The van der Waals surface area contributed by atoms with Crippen LogP contribution >= 0.6 is 11.3 Å². The van der Waals surface area contributed by atoms with Crippen molar-refractivity contribution in [3.8, 4) is 0 Å². The molecule has 2 unspecified atom stereocenters. The van der Waals surface area contributed by atoms with Gasteiger partial charge in [-0.1, -0.05) is 117 Å². The van der Waals surface area contributed by atoms with E-state index >= 15 is 0 Å². The Kier molecular flexibility index (Phi) is 11.8. The average Bonchev–Trinajstić information content (AvgIpc) is 3.64. The first-order valence-corrected chi connectivity index (χ1v) is 17.9. The molecule has 4 aromatic carbocycles. The van der Waals surface area contributed by atoms with Gasteiger partial charge in [0.1, 0.15) is 0 Å². The monoisotopic (exact) mass is 740 g/mol. The molecule has 5 aromatic rings. The van der Waals surface area contributed by atoms with E-state index in [1.807, 2.05) is 111 Å². The summed E-state index contributed by atoms with van der Waals surface area (Å²) in [6, 6.07) is 36.9. The highest BCUT2D eigenvalue weighted by Crippen LogP contribution is 2.25. The maximum absolute atomic E-state index is 12.7. The van der Waals surface area contributed by atoms with Crippen LogP contribution in [0.5, 0.6) is 0 Å². The van der Waals surface area contributed by atoms with Crippen molar-refractivity contribution in [1.29, 1.82) is 0 Å². The van der Waals surface area contributed by atoms with Crippen LogP contribution in [-0.4, -0.2) is 60.0 Å². The van der Waals surface area contributed by atoms with Gasteiger partial charge in [0, 0.05) is 22.3 Å². The Hall–Kier alpha value is -6.73. The van der Waals surface area contributed by atoms with Crippen LogP contribution < -0.4 is 21.3 Å². The van der Waals surface area contributed by atoms with E-state index in [4.69, 9.17) is 4.74 Å². The van der Waals surface area contributed by atoms with Crippen molar-refractivity contribution in [2.75, 3.05) is 17.2 Å². The van der Waals surface area contributed by atoms with Crippen LogP contribution in [0.1, 0.15) is 45.8 Å². The van der Waals surface area contributed by atoms with E-state index in [1.54, 1.807) is 29.6 Å². The minimum absolute atomic E-state index is 0.205. The number of benzene rings is 4. The number of ether oxygens (including phenoxy) is 1. The molecule has 2 atom stereocenters. The fraction of sp³-hybridized carbons (Fsp3) is 0.146. The highest BCUT2D eigenvalue weighted by atomic mass is 32.1. The molecule has 3 heterocycles.